The van der Waals surface area contributed by atoms with E-state index in [1.807, 2.05) is 19.1 Å². The Bertz CT molecular complexity index is 624. The Morgan fingerprint density at radius 3 is 2.76 bits per heavy atom. The maximum Gasteiger partial charge on any atom is 0.129 e. The van der Waals surface area contributed by atoms with Gasteiger partial charge in [0.2, 0.25) is 0 Å². The lowest BCUT2D eigenvalue weighted by molar-refractivity contribution is 0.226. The fourth-order valence-electron chi connectivity index (χ4n) is 3.19. The molecule has 2 aromatic rings. The summed E-state index contributed by atoms with van der Waals surface area (Å²) in [6.45, 7) is 7.16. The lowest BCUT2D eigenvalue weighted by atomic mass is 9.74. The Balaban J connectivity index is 1.75. The maximum absolute atomic E-state index is 9.04. The van der Waals surface area contributed by atoms with E-state index in [-0.39, 0.29) is 18.1 Å². The van der Waals surface area contributed by atoms with Gasteiger partial charge in [0.1, 0.15) is 29.6 Å². The molecular weight excluding hydrogens is 266 g/mol. The van der Waals surface area contributed by atoms with E-state index in [4.69, 9.17) is 13.9 Å². The first-order valence-electron chi connectivity index (χ1n) is 7.48. The number of aliphatic hydroxyl groups is 1. The predicted molar refractivity (Wildman–Crippen MR) is 79.8 cm³/mol. The smallest absolute Gasteiger partial charge is 0.129 e. The number of aryl methyl sites for hydroxylation is 1. The Kier molecular flexibility index (Phi) is 3.68. The van der Waals surface area contributed by atoms with E-state index in [1.54, 1.807) is 0 Å². The number of hydrogen-bond acceptors (Lipinski definition) is 4. The SMILES string of the molecule is Cc1cc2c(o1)CC(C)(C)CC2NCc1ccc(CO)o1. The molecule has 0 saturated heterocycles. The van der Waals surface area contributed by atoms with Crippen LogP contribution in [-0.4, -0.2) is 5.11 Å². The number of nitrogens with one attached hydrogen (secondary N) is 1. The van der Waals surface area contributed by atoms with Crippen molar-refractivity contribution in [3.05, 3.63) is 46.8 Å². The summed E-state index contributed by atoms with van der Waals surface area (Å²) in [6, 6.07) is 6.15. The average molecular weight is 289 g/mol. The second-order valence-corrected chi connectivity index (χ2v) is 6.74. The summed E-state index contributed by atoms with van der Waals surface area (Å²) < 4.78 is 11.4. The first-order chi connectivity index (χ1) is 9.97. The van der Waals surface area contributed by atoms with Gasteiger partial charge >= 0.3 is 0 Å². The van der Waals surface area contributed by atoms with Crippen molar-refractivity contribution < 1.29 is 13.9 Å². The fourth-order valence-corrected chi connectivity index (χ4v) is 3.19. The lowest BCUT2D eigenvalue weighted by Gasteiger charge is -2.34. The van der Waals surface area contributed by atoms with Gasteiger partial charge in [-0.25, -0.2) is 0 Å². The van der Waals surface area contributed by atoms with Crippen LogP contribution in [0, 0.1) is 12.3 Å². The summed E-state index contributed by atoms with van der Waals surface area (Å²) in [4.78, 5) is 0. The van der Waals surface area contributed by atoms with Crippen LogP contribution in [-0.2, 0) is 19.6 Å². The van der Waals surface area contributed by atoms with Crippen molar-refractivity contribution in [1.82, 2.24) is 5.32 Å². The minimum Gasteiger partial charge on any atom is -0.466 e. The van der Waals surface area contributed by atoms with Crippen LogP contribution < -0.4 is 5.32 Å². The number of rotatable bonds is 4. The highest BCUT2D eigenvalue weighted by atomic mass is 16.4. The van der Waals surface area contributed by atoms with Gasteiger partial charge in [0.15, 0.2) is 0 Å². The van der Waals surface area contributed by atoms with Crippen molar-refractivity contribution in [1.29, 1.82) is 0 Å². The van der Waals surface area contributed by atoms with Gasteiger partial charge in [-0.15, -0.1) is 0 Å². The summed E-state index contributed by atoms with van der Waals surface area (Å²) >= 11 is 0. The topological polar surface area (TPSA) is 58.5 Å². The van der Waals surface area contributed by atoms with Gasteiger partial charge in [-0.1, -0.05) is 13.8 Å². The second-order valence-electron chi connectivity index (χ2n) is 6.74. The number of aliphatic hydroxyl groups excluding tert-OH is 1. The molecule has 21 heavy (non-hydrogen) atoms. The molecule has 1 unspecified atom stereocenters. The number of furan rings is 2. The van der Waals surface area contributed by atoms with Crippen molar-refractivity contribution in [2.45, 2.75) is 52.8 Å². The zero-order valence-electron chi connectivity index (χ0n) is 12.9. The third-order valence-corrected chi connectivity index (χ3v) is 4.13. The molecule has 0 bridgehead atoms. The summed E-state index contributed by atoms with van der Waals surface area (Å²) in [5.41, 5.74) is 1.51. The molecule has 0 aromatic carbocycles. The summed E-state index contributed by atoms with van der Waals surface area (Å²) in [5.74, 6) is 3.54. The second kappa shape index (κ2) is 5.35. The molecular formula is C17H23NO3. The standard InChI is InChI=1S/C17H23NO3/c1-11-6-14-15(7-17(2,3)8-16(14)20-11)18-9-12-4-5-13(10-19)21-12/h4-6,15,18-19H,7-10H2,1-3H3. The van der Waals surface area contributed by atoms with Gasteiger partial charge in [0.25, 0.3) is 0 Å². The average Bonchev–Trinajstić information content (AvgIpc) is 3.00. The van der Waals surface area contributed by atoms with Gasteiger partial charge in [-0.3, -0.25) is 0 Å². The van der Waals surface area contributed by atoms with Crippen LogP contribution >= 0.6 is 0 Å². The molecule has 0 saturated carbocycles. The Morgan fingerprint density at radius 1 is 1.29 bits per heavy atom. The Hall–Kier alpha value is -1.52. The van der Waals surface area contributed by atoms with Crippen LogP contribution in [0.2, 0.25) is 0 Å². The minimum atomic E-state index is -0.0540. The molecule has 1 aliphatic carbocycles. The highest BCUT2D eigenvalue weighted by Gasteiger charge is 2.34. The summed E-state index contributed by atoms with van der Waals surface area (Å²) in [6.07, 6.45) is 2.07. The number of fused-ring (bicyclic) bond motifs is 1. The lowest BCUT2D eigenvalue weighted by Crippen LogP contribution is -2.32. The molecule has 3 rings (SSSR count). The van der Waals surface area contributed by atoms with E-state index in [9.17, 15) is 0 Å². The third kappa shape index (κ3) is 3.06. The highest BCUT2D eigenvalue weighted by molar-refractivity contribution is 5.29. The van der Waals surface area contributed by atoms with Gasteiger partial charge in [0.05, 0.1) is 6.54 Å². The number of hydrogen-bond donors (Lipinski definition) is 2. The largest absolute Gasteiger partial charge is 0.466 e. The molecule has 0 fully saturated rings. The van der Waals surface area contributed by atoms with Crippen molar-refractivity contribution in [3.63, 3.8) is 0 Å². The molecule has 2 N–H and O–H groups in total. The molecule has 0 spiro atoms. The molecule has 4 heteroatoms. The first-order valence-corrected chi connectivity index (χ1v) is 7.48. The van der Waals surface area contributed by atoms with Crippen LogP contribution in [0.25, 0.3) is 0 Å². The van der Waals surface area contributed by atoms with Crippen molar-refractivity contribution >= 4 is 0 Å². The molecule has 0 amide bonds. The van der Waals surface area contributed by atoms with E-state index < -0.39 is 0 Å². The van der Waals surface area contributed by atoms with Gasteiger partial charge in [-0.05, 0) is 37.0 Å². The first kappa shape index (κ1) is 14.4. The van der Waals surface area contributed by atoms with Gasteiger partial charge < -0.3 is 19.3 Å². The molecule has 4 nitrogen and oxygen atoms in total. The fraction of sp³-hybridized carbons (Fsp3) is 0.529. The molecule has 1 atom stereocenters. The monoisotopic (exact) mass is 289 g/mol. The zero-order valence-corrected chi connectivity index (χ0v) is 12.9. The Morgan fingerprint density at radius 2 is 2.05 bits per heavy atom. The quantitative estimate of drug-likeness (QED) is 0.904. The van der Waals surface area contributed by atoms with E-state index in [0.717, 1.165) is 30.1 Å². The van der Waals surface area contributed by atoms with Crippen molar-refractivity contribution in [2.24, 2.45) is 5.41 Å². The molecule has 0 aliphatic heterocycles. The van der Waals surface area contributed by atoms with Crippen LogP contribution in [0.1, 0.15) is 54.9 Å². The normalized spacial score (nSPS) is 20.5. The molecule has 2 aromatic heterocycles. The van der Waals surface area contributed by atoms with E-state index >= 15 is 0 Å². The molecule has 2 heterocycles. The van der Waals surface area contributed by atoms with E-state index in [1.165, 1.54) is 5.56 Å². The minimum absolute atomic E-state index is 0.0540. The predicted octanol–water partition coefficient (Wildman–Crippen LogP) is 3.48. The van der Waals surface area contributed by atoms with Crippen LogP contribution in [0.5, 0.6) is 0 Å². The van der Waals surface area contributed by atoms with E-state index in [0.29, 0.717) is 12.3 Å². The summed E-state index contributed by atoms with van der Waals surface area (Å²) in [5, 5.41) is 12.6. The van der Waals surface area contributed by atoms with Crippen LogP contribution in [0.3, 0.4) is 0 Å². The van der Waals surface area contributed by atoms with Gasteiger partial charge in [-0.2, -0.15) is 0 Å². The highest BCUT2D eigenvalue weighted by Crippen LogP contribution is 2.42. The molecule has 114 valence electrons. The summed E-state index contributed by atoms with van der Waals surface area (Å²) in [7, 11) is 0. The molecule has 1 aliphatic rings. The van der Waals surface area contributed by atoms with Gasteiger partial charge in [0, 0.05) is 18.0 Å². The molecule has 0 radical (unpaired) electrons. The maximum atomic E-state index is 9.04. The zero-order chi connectivity index (χ0) is 15.0. The van der Waals surface area contributed by atoms with Crippen molar-refractivity contribution in [2.75, 3.05) is 0 Å². The van der Waals surface area contributed by atoms with Crippen LogP contribution in [0.4, 0.5) is 0 Å². The van der Waals surface area contributed by atoms with E-state index in [2.05, 4.69) is 25.2 Å². The van der Waals surface area contributed by atoms with Crippen molar-refractivity contribution in [3.8, 4) is 0 Å². The van der Waals surface area contributed by atoms with Crippen LogP contribution in [0.15, 0.2) is 27.0 Å². The Labute approximate surface area is 125 Å². The third-order valence-electron chi connectivity index (χ3n) is 4.13.